The summed E-state index contributed by atoms with van der Waals surface area (Å²) < 4.78 is 3.22. The maximum Gasteiger partial charge on any atom is 0.325 e. The van der Waals surface area contributed by atoms with Crippen LogP contribution in [0.25, 0.3) is 11.0 Å². The molecule has 20 heavy (non-hydrogen) atoms. The van der Waals surface area contributed by atoms with Crippen molar-refractivity contribution in [2.75, 3.05) is 5.32 Å². The van der Waals surface area contributed by atoms with E-state index < -0.39 is 5.97 Å². The highest BCUT2D eigenvalue weighted by atomic mass is 16.4. The average molecular weight is 272 g/mol. The number of aromatic nitrogens is 5. The number of carboxylic acid groups (broad SMARTS) is 1. The first-order chi connectivity index (χ1) is 9.61. The van der Waals surface area contributed by atoms with Crippen LogP contribution in [-0.4, -0.2) is 35.4 Å². The van der Waals surface area contributed by atoms with Gasteiger partial charge in [-0.3, -0.25) is 9.48 Å². The molecule has 3 aromatic heterocycles. The number of aliphatic carboxylic acids is 1. The predicted octanol–water partition coefficient (Wildman–Crippen LogP) is 0.993. The fraction of sp³-hybridized carbons (Fsp3) is 0.167. The Morgan fingerprint density at radius 3 is 3.10 bits per heavy atom. The molecule has 3 rings (SSSR count). The molecule has 0 saturated carbocycles. The van der Waals surface area contributed by atoms with E-state index in [0.717, 1.165) is 11.0 Å². The molecule has 3 aromatic rings. The van der Waals surface area contributed by atoms with Crippen molar-refractivity contribution in [1.29, 1.82) is 0 Å². The van der Waals surface area contributed by atoms with Crippen molar-refractivity contribution in [2.45, 2.75) is 6.54 Å². The van der Waals surface area contributed by atoms with Crippen LogP contribution in [0.2, 0.25) is 0 Å². The molecule has 0 unspecified atom stereocenters. The van der Waals surface area contributed by atoms with Crippen molar-refractivity contribution < 1.29 is 9.90 Å². The van der Waals surface area contributed by atoms with Gasteiger partial charge in [0, 0.05) is 31.0 Å². The van der Waals surface area contributed by atoms with Gasteiger partial charge in [-0.05, 0) is 6.07 Å². The second kappa shape index (κ2) is 4.65. The molecule has 3 heterocycles. The summed E-state index contributed by atoms with van der Waals surface area (Å²) in [5.74, 6) is -0.504. The van der Waals surface area contributed by atoms with E-state index in [9.17, 15) is 4.79 Å². The zero-order chi connectivity index (χ0) is 14.1. The smallest absolute Gasteiger partial charge is 0.325 e. The molecule has 0 amide bonds. The third-order valence-corrected chi connectivity index (χ3v) is 2.79. The number of hydrogen-bond acceptors (Lipinski definition) is 5. The number of anilines is 2. The van der Waals surface area contributed by atoms with Crippen molar-refractivity contribution in [3.05, 3.63) is 30.9 Å². The zero-order valence-electron chi connectivity index (χ0n) is 10.7. The van der Waals surface area contributed by atoms with Gasteiger partial charge in [0.25, 0.3) is 0 Å². The summed E-state index contributed by atoms with van der Waals surface area (Å²) in [5, 5.41) is 16.6. The molecule has 0 bridgehead atoms. The standard InChI is InChI=1S/C12H12N6O2/c1-17-3-2-8-4-13-12(16-11(8)17)15-9-5-14-18(6-9)7-10(19)20/h2-6H,7H2,1H3,(H,19,20)(H,13,15,16). The summed E-state index contributed by atoms with van der Waals surface area (Å²) in [5.41, 5.74) is 1.46. The topological polar surface area (TPSA) is 97.9 Å². The molecule has 8 heteroatoms. The van der Waals surface area contributed by atoms with Gasteiger partial charge in [0.1, 0.15) is 12.2 Å². The van der Waals surface area contributed by atoms with Crippen LogP contribution < -0.4 is 5.32 Å². The minimum absolute atomic E-state index is 0.181. The third kappa shape index (κ3) is 2.30. The van der Waals surface area contributed by atoms with Crippen molar-refractivity contribution in [2.24, 2.45) is 7.05 Å². The Labute approximate surface area is 113 Å². The van der Waals surface area contributed by atoms with Gasteiger partial charge in [0.2, 0.25) is 5.95 Å². The van der Waals surface area contributed by atoms with E-state index in [-0.39, 0.29) is 6.54 Å². The third-order valence-electron chi connectivity index (χ3n) is 2.79. The van der Waals surface area contributed by atoms with Gasteiger partial charge in [-0.2, -0.15) is 10.1 Å². The minimum Gasteiger partial charge on any atom is -0.480 e. The van der Waals surface area contributed by atoms with Crippen LogP contribution in [0.15, 0.2) is 30.9 Å². The summed E-state index contributed by atoms with van der Waals surface area (Å²) in [6.45, 7) is -0.181. The van der Waals surface area contributed by atoms with Crippen LogP contribution in [0.1, 0.15) is 0 Å². The first-order valence-corrected chi connectivity index (χ1v) is 5.91. The quantitative estimate of drug-likeness (QED) is 0.735. The number of carbonyl (C=O) groups is 1. The molecule has 0 aliphatic carbocycles. The normalized spacial score (nSPS) is 10.8. The molecule has 0 aliphatic rings. The molecule has 0 spiro atoms. The molecule has 8 nitrogen and oxygen atoms in total. The number of carboxylic acids is 1. The summed E-state index contributed by atoms with van der Waals surface area (Å²) in [6, 6.07) is 1.93. The van der Waals surface area contributed by atoms with Gasteiger partial charge in [0.05, 0.1) is 11.9 Å². The molecule has 0 aliphatic heterocycles. The maximum absolute atomic E-state index is 10.6. The molecular formula is C12H12N6O2. The highest BCUT2D eigenvalue weighted by Crippen LogP contribution is 2.16. The number of aryl methyl sites for hydroxylation is 1. The Morgan fingerprint density at radius 1 is 1.45 bits per heavy atom. The van der Waals surface area contributed by atoms with Gasteiger partial charge in [-0.15, -0.1) is 0 Å². The van der Waals surface area contributed by atoms with E-state index in [4.69, 9.17) is 5.11 Å². The van der Waals surface area contributed by atoms with Gasteiger partial charge in [-0.1, -0.05) is 0 Å². The Balaban J connectivity index is 1.83. The second-order valence-corrected chi connectivity index (χ2v) is 4.34. The molecule has 0 atom stereocenters. The van der Waals surface area contributed by atoms with Crippen LogP contribution in [0.5, 0.6) is 0 Å². The van der Waals surface area contributed by atoms with E-state index >= 15 is 0 Å². The predicted molar refractivity (Wildman–Crippen MR) is 71.7 cm³/mol. The lowest BCUT2D eigenvalue weighted by atomic mass is 10.4. The van der Waals surface area contributed by atoms with E-state index in [1.54, 1.807) is 12.4 Å². The molecular weight excluding hydrogens is 260 g/mol. The molecule has 0 fully saturated rings. The number of nitrogens with one attached hydrogen (secondary N) is 1. The lowest BCUT2D eigenvalue weighted by Crippen LogP contribution is -2.08. The summed E-state index contributed by atoms with van der Waals surface area (Å²) in [7, 11) is 1.91. The lowest BCUT2D eigenvalue weighted by molar-refractivity contribution is -0.137. The fourth-order valence-corrected chi connectivity index (χ4v) is 1.89. The molecule has 0 aromatic carbocycles. The van der Waals surface area contributed by atoms with E-state index in [0.29, 0.717) is 11.6 Å². The van der Waals surface area contributed by atoms with Crippen molar-refractivity contribution in [3.8, 4) is 0 Å². The van der Waals surface area contributed by atoms with E-state index in [2.05, 4.69) is 20.4 Å². The summed E-state index contributed by atoms with van der Waals surface area (Å²) in [6.07, 6.45) is 6.76. The number of nitrogens with zero attached hydrogens (tertiary/aromatic N) is 5. The number of hydrogen-bond donors (Lipinski definition) is 2. The monoisotopic (exact) mass is 272 g/mol. The first-order valence-electron chi connectivity index (χ1n) is 5.91. The van der Waals surface area contributed by atoms with Gasteiger partial charge in [0.15, 0.2) is 0 Å². The first kappa shape index (κ1) is 12.2. The average Bonchev–Trinajstić information content (AvgIpc) is 2.97. The summed E-state index contributed by atoms with van der Waals surface area (Å²) in [4.78, 5) is 19.2. The lowest BCUT2D eigenvalue weighted by Gasteiger charge is -2.02. The van der Waals surface area contributed by atoms with Crippen LogP contribution >= 0.6 is 0 Å². The van der Waals surface area contributed by atoms with Crippen LogP contribution in [-0.2, 0) is 18.4 Å². The highest BCUT2D eigenvalue weighted by Gasteiger charge is 2.06. The Kier molecular flexibility index (Phi) is 2.82. The van der Waals surface area contributed by atoms with Crippen LogP contribution in [0.3, 0.4) is 0 Å². The second-order valence-electron chi connectivity index (χ2n) is 4.34. The minimum atomic E-state index is -0.943. The van der Waals surface area contributed by atoms with Gasteiger partial charge >= 0.3 is 5.97 Å². The molecule has 0 radical (unpaired) electrons. The fourth-order valence-electron chi connectivity index (χ4n) is 1.89. The van der Waals surface area contributed by atoms with Crippen LogP contribution in [0, 0.1) is 0 Å². The van der Waals surface area contributed by atoms with Gasteiger partial charge in [-0.25, -0.2) is 4.98 Å². The highest BCUT2D eigenvalue weighted by molar-refractivity contribution is 5.76. The van der Waals surface area contributed by atoms with Gasteiger partial charge < -0.3 is 15.0 Å². The maximum atomic E-state index is 10.6. The Morgan fingerprint density at radius 2 is 2.30 bits per heavy atom. The molecule has 2 N–H and O–H groups in total. The summed E-state index contributed by atoms with van der Waals surface area (Å²) >= 11 is 0. The molecule has 0 saturated heterocycles. The number of fused-ring (bicyclic) bond motifs is 1. The largest absolute Gasteiger partial charge is 0.480 e. The van der Waals surface area contributed by atoms with Crippen molar-refractivity contribution in [1.82, 2.24) is 24.3 Å². The Hall–Kier alpha value is -2.90. The SMILES string of the molecule is Cn1ccc2cnc(Nc3cnn(CC(=O)O)c3)nc21. The van der Waals surface area contributed by atoms with Crippen LogP contribution in [0.4, 0.5) is 11.6 Å². The Bertz CT molecular complexity index is 775. The number of rotatable bonds is 4. The zero-order valence-corrected chi connectivity index (χ0v) is 10.7. The van der Waals surface area contributed by atoms with E-state index in [1.807, 2.05) is 23.9 Å². The molecule has 102 valence electrons. The van der Waals surface area contributed by atoms with E-state index in [1.165, 1.54) is 10.9 Å². The van der Waals surface area contributed by atoms with Crippen molar-refractivity contribution >= 4 is 28.6 Å². The van der Waals surface area contributed by atoms with Crippen molar-refractivity contribution in [3.63, 3.8) is 0 Å².